The Morgan fingerprint density at radius 1 is 0.442 bits per heavy atom. The summed E-state index contributed by atoms with van der Waals surface area (Å²) in [6.07, 6.45) is 0.894. The molecule has 0 spiro atoms. The number of carbonyl (C=O) groups is 1. The topological polar surface area (TPSA) is 23.6 Å². The molecule has 0 heterocycles. The highest BCUT2D eigenvalue weighted by Crippen LogP contribution is 2.39. The smallest absolute Gasteiger partial charge is 0.150 e. The van der Waals surface area contributed by atoms with Gasteiger partial charge in [0.1, 0.15) is 6.29 Å². The van der Waals surface area contributed by atoms with Crippen LogP contribution in [-0.4, -0.2) is 6.29 Å². The molecule has 6 aromatic carbocycles. The summed E-state index contributed by atoms with van der Waals surface area (Å²) in [6.45, 7) is 6.35. The third-order valence-electron chi connectivity index (χ3n) is 7.80. The van der Waals surface area contributed by atoms with Crippen molar-refractivity contribution in [1.82, 2.24) is 0 Å². The maximum absolute atomic E-state index is 11.4. The Balaban J connectivity index is 1.34. The third-order valence-corrected chi connectivity index (χ3v) is 7.80. The fourth-order valence-electron chi connectivity index (χ4n) is 5.67. The maximum atomic E-state index is 11.4. The highest BCUT2D eigenvalue weighted by Gasteiger charge is 2.17. The molecule has 0 aliphatic rings. The first kappa shape index (κ1) is 27.7. The number of aryl methyl sites for hydroxylation is 3. The van der Waals surface area contributed by atoms with Gasteiger partial charge in [0.05, 0.1) is 0 Å². The largest absolute Gasteiger partial charge is 0.310 e. The first-order chi connectivity index (χ1) is 21.0. The van der Waals surface area contributed by atoms with Crippen LogP contribution in [0.5, 0.6) is 0 Å². The molecule has 3 nitrogen and oxygen atoms in total. The van der Waals surface area contributed by atoms with E-state index < -0.39 is 0 Å². The second-order valence-electron chi connectivity index (χ2n) is 10.9. The van der Waals surface area contributed by atoms with Crippen LogP contribution in [0.4, 0.5) is 34.1 Å². The molecule has 0 radical (unpaired) electrons. The molecular formula is C40H34N2O. The van der Waals surface area contributed by atoms with Gasteiger partial charge in [-0.25, -0.2) is 0 Å². The first-order valence-corrected chi connectivity index (χ1v) is 14.6. The summed E-state index contributed by atoms with van der Waals surface area (Å²) in [4.78, 5) is 15.9. The van der Waals surface area contributed by atoms with Crippen molar-refractivity contribution in [3.05, 3.63) is 168 Å². The molecule has 0 saturated heterocycles. The summed E-state index contributed by atoms with van der Waals surface area (Å²) >= 11 is 0. The molecule has 0 N–H and O–H groups in total. The number of para-hydroxylation sites is 2. The minimum Gasteiger partial charge on any atom is -0.310 e. The van der Waals surface area contributed by atoms with Gasteiger partial charge in [0.2, 0.25) is 0 Å². The highest BCUT2D eigenvalue weighted by molar-refractivity contribution is 5.84. The summed E-state index contributed by atoms with van der Waals surface area (Å²) < 4.78 is 0. The number of anilines is 6. The Morgan fingerprint density at radius 2 is 0.860 bits per heavy atom. The van der Waals surface area contributed by atoms with Crippen LogP contribution in [0, 0.1) is 20.8 Å². The van der Waals surface area contributed by atoms with Gasteiger partial charge in [-0.3, -0.25) is 4.79 Å². The van der Waals surface area contributed by atoms with Crippen molar-refractivity contribution in [2.45, 2.75) is 20.8 Å². The molecule has 210 valence electrons. The predicted molar refractivity (Wildman–Crippen MR) is 181 cm³/mol. The van der Waals surface area contributed by atoms with E-state index in [4.69, 9.17) is 0 Å². The van der Waals surface area contributed by atoms with Crippen LogP contribution in [0.15, 0.2) is 146 Å². The van der Waals surface area contributed by atoms with Gasteiger partial charge in [0.25, 0.3) is 0 Å². The lowest BCUT2D eigenvalue weighted by atomic mass is 10.0. The molecular weight excluding hydrogens is 524 g/mol. The van der Waals surface area contributed by atoms with Crippen LogP contribution in [0.2, 0.25) is 0 Å². The normalized spacial score (nSPS) is 10.8. The van der Waals surface area contributed by atoms with Crippen molar-refractivity contribution >= 4 is 40.4 Å². The molecule has 6 aromatic rings. The average Bonchev–Trinajstić information content (AvgIpc) is 3.05. The Labute approximate surface area is 254 Å². The van der Waals surface area contributed by atoms with E-state index in [1.165, 1.54) is 16.8 Å². The molecule has 0 bridgehead atoms. The quantitative estimate of drug-likeness (QED) is 0.174. The van der Waals surface area contributed by atoms with Gasteiger partial charge in [0.15, 0.2) is 0 Å². The summed E-state index contributed by atoms with van der Waals surface area (Å²) in [5.74, 6) is 0. The van der Waals surface area contributed by atoms with Gasteiger partial charge in [-0.15, -0.1) is 0 Å². The lowest BCUT2D eigenvalue weighted by Gasteiger charge is -2.28. The maximum Gasteiger partial charge on any atom is 0.150 e. The summed E-state index contributed by atoms with van der Waals surface area (Å²) in [7, 11) is 0. The van der Waals surface area contributed by atoms with E-state index in [1.54, 1.807) is 0 Å². The van der Waals surface area contributed by atoms with Gasteiger partial charge in [-0.05, 0) is 116 Å². The van der Waals surface area contributed by atoms with Crippen molar-refractivity contribution < 1.29 is 4.79 Å². The Kier molecular flexibility index (Phi) is 7.88. The number of hydrogen-bond donors (Lipinski definition) is 0. The lowest BCUT2D eigenvalue weighted by Crippen LogP contribution is -2.11. The molecule has 0 aromatic heterocycles. The average molecular weight is 559 g/mol. The van der Waals surface area contributed by atoms with E-state index in [2.05, 4.69) is 133 Å². The van der Waals surface area contributed by atoms with Crippen molar-refractivity contribution in [3.63, 3.8) is 0 Å². The molecule has 0 atom stereocenters. The van der Waals surface area contributed by atoms with Gasteiger partial charge in [0, 0.05) is 39.7 Å². The zero-order valence-corrected chi connectivity index (χ0v) is 24.7. The molecule has 0 unspecified atom stereocenters. The molecule has 3 heteroatoms. The predicted octanol–water partition coefficient (Wildman–Crippen LogP) is 11.0. The number of nitrogens with zero attached hydrogens (tertiary/aromatic N) is 2. The van der Waals surface area contributed by atoms with Gasteiger partial charge >= 0.3 is 0 Å². The molecule has 0 amide bonds. The van der Waals surface area contributed by atoms with Gasteiger partial charge in [-0.1, -0.05) is 78.4 Å². The second kappa shape index (κ2) is 12.2. The van der Waals surface area contributed by atoms with E-state index in [0.717, 1.165) is 51.4 Å². The Bertz CT molecular complexity index is 1840. The number of benzene rings is 6. The Morgan fingerprint density at radius 3 is 1.28 bits per heavy atom. The van der Waals surface area contributed by atoms with Crippen LogP contribution >= 0.6 is 0 Å². The van der Waals surface area contributed by atoms with Crippen molar-refractivity contribution in [1.29, 1.82) is 0 Å². The number of rotatable bonds is 8. The fourth-order valence-corrected chi connectivity index (χ4v) is 5.67. The molecule has 0 aliphatic heterocycles. The van der Waals surface area contributed by atoms with Crippen LogP contribution in [0.25, 0.3) is 11.1 Å². The standard InChI is InChI=1S/C40H34N2O/c1-29-14-24-39(30(2)26-29)41(35-10-6-4-7-11-35)37-20-16-33(17-21-37)34-18-22-38(23-19-34)42(36-12-8-5-9-13-36)40-25-15-32(28-43)27-31(40)3/h4-28H,1-3H3. The molecule has 0 fully saturated rings. The summed E-state index contributed by atoms with van der Waals surface area (Å²) in [5, 5.41) is 0. The van der Waals surface area contributed by atoms with Gasteiger partial charge in [-0.2, -0.15) is 0 Å². The fraction of sp³-hybridized carbons (Fsp3) is 0.0750. The summed E-state index contributed by atoms with van der Waals surface area (Å²) in [5.41, 5.74) is 13.1. The van der Waals surface area contributed by atoms with Crippen molar-refractivity contribution in [3.8, 4) is 11.1 Å². The minimum atomic E-state index is 0.677. The third kappa shape index (κ3) is 5.84. The lowest BCUT2D eigenvalue weighted by molar-refractivity contribution is 0.112. The Hall–Kier alpha value is -5.41. The summed E-state index contributed by atoms with van der Waals surface area (Å²) in [6, 6.07) is 50.7. The van der Waals surface area contributed by atoms with E-state index in [9.17, 15) is 4.79 Å². The second-order valence-corrected chi connectivity index (χ2v) is 10.9. The number of hydrogen-bond acceptors (Lipinski definition) is 3. The highest BCUT2D eigenvalue weighted by atomic mass is 16.1. The van der Waals surface area contributed by atoms with E-state index in [0.29, 0.717) is 5.56 Å². The van der Waals surface area contributed by atoms with Crippen LogP contribution < -0.4 is 9.80 Å². The van der Waals surface area contributed by atoms with Crippen LogP contribution in [0.1, 0.15) is 27.0 Å². The van der Waals surface area contributed by atoms with Crippen molar-refractivity contribution in [2.75, 3.05) is 9.80 Å². The van der Waals surface area contributed by atoms with E-state index in [1.807, 2.05) is 43.3 Å². The molecule has 0 saturated carbocycles. The molecule has 6 rings (SSSR count). The van der Waals surface area contributed by atoms with Crippen LogP contribution in [0.3, 0.4) is 0 Å². The SMILES string of the molecule is Cc1ccc(N(c2ccccc2)c2ccc(-c3ccc(N(c4ccccc4)c4ccc(C=O)cc4C)cc3)cc2)c(C)c1. The van der Waals surface area contributed by atoms with Gasteiger partial charge < -0.3 is 9.80 Å². The minimum absolute atomic E-state index is 0.677. The number of carbonyl (C=O) groups excluding carboxylic acids is 1. The monoisotopic (exact) mass is 558 g/mol. The molecule has 43 heavy (non-hydrogen) atoms. The van der Waals surface area contributed by atoms with E-state index >= 15 is 0 Å². The number of aldehydes is 1. The van der Waals surface area contributed by atoms with Crippen LogP contribution in [-0.2, 0) is 0 Å². The zero-order chi connectivity index (χ0) is 29.8. The first-order valence-electron chi connectivity index (χ1n) is 14.6. The molecule has 0 aliphatic carbocycles. The zero-order valence-electron chi connectivity index (χ0n) is 24.7. The van der Waals surface area contributed by atoms with E-state index in [-0.39, 0.29) is 0 Å². The van der Waals surface area contributed by atoms with Crippen molar-refractivity contribution in [2.24, 2.45) is 0 Å².